The van der Waals surface area contributed by atoms with E-state index in [-0.39, 0.29) is 5.91 Å². The number of benzene rings is 3. The molecule has 0 bridgehead atoms. The van der Waals surface area contributed by atoms with Crippen molar-refractivity contribution in [1.82, 2.24) is 0 Å². The third-order valence-electron chi connectivity index (χ3n) is 4.77. The summed E-state index contributed by atoms with van der Waals surface area (Å²) in [5, 5.41) is 6.59. The van der Waals surface area contributed by atoms with Gasteiger partial charge in [0.25, 0.3) is 0 Å². The zero-order chi connectivity index (χ0) is 17.6. The first-order chi connectivity index (χ1) is 12.8. The molecule has 0 unspecified atom stereocenters. The molecule has 126 valence electrons. The van der Waals surface area contributed by atoms with Gasteiger partial charge in [-0.3, -0.25) is 4.79 Å². The summed E-state index contributed by atoms with van der Waals surface area (Å²) in [7, 11) is 0. The summed E-state index contributed by atoms with van der Waals surface area (Å²) < 4.78 is -0.790. The van der Waals surface area contributed by atoms with Crippen LogP contribution < -0.4 is 10.6 Å². The van der Waals surface area contributed by atoms with Crippen LogP contribution in [0.1, 0.15) is 11.1 Å². The first-order valence-electron chi connectivity index (χ1n) is 8.51. The molecule has 2 aliphatic heterocycles. The van der Waals surface area contributed by atoms with Crippen LogP contribution in [0.15, 0.2) is 89.8 Å². The fourth-order valence-electron chi connectivity index (χ4n) is 3.52. The molecule has 0 aromatic heterocycles. The second-order valence-corrected chi connectivity index (χ2v) is 7.67. The van der Waals surface area contributed by atoms with Gasteiger partial charge in [-0.05, 0) is 29.8 Å². The predicted octanol–water partition coefficient (Wildman–Crippen LogP) is 5.09. The van der Waals surface area contributed by atoms with Crippen LogP contribution in [0.4, 0.5) is 11.4 Å². The van der Waals surface area contributed by atoms with Gasteiger partial charge in [-0.25, -0.2) is 0 Å². The van der Waals surface area contributed by atoms with E-state index in [1.165, 1.54) is 0 Å². The molecule has 0 aliphatic carbocycles. The fraction of sp³-hybridized carbons (Fsp3) is 0.0455. The third kappa shape index (κ3) is 2.26. The van der Waals surface area contributed by atoms with E-state index in [0.717, 1.165) is 33.1 Å². The number of anilines is 2. The van der Waals surface area contributed by atoms with Gasteiger partial charge in [0.05, 0.1) is 5.69 Å². The molecule has 2 N–H and O–H groups in total. The van der Waals surface area contributed by atoms with Gasteiger partial charge < -0.3 is 10.6 Å². The lowest BCUT2D eigenvalue weighted by Crippen LogP contribution is -2.28. The van der Waals surface area contributed by atoms with Crippen molar-refractivity contribution in [3.63, 3.8) is 0 Å². The summed E-state index contributed by atoms with van der Waals surface area (Å²) in [6.07, 6.45) is 2.06. The summed E-state index contributed by atoms with van der Waals surface area (Å²) in [4.78, 5) is 14.2. The van der Waals surface area contributed by atoms with Gasteiger partial charge in [0.1, 0.15) is 4.75 Å². The number of hydrogen-bond donors (Lipinski definition) is 2. The van der Waals surface area contributed by atoms with Crippen molar-refractivity contribution in [2.24, 2.45) is 0 Å². The summed E-state index contributed by atoms with van der Waals surface area (Å²) >= 11 is 1.59. The van der Waals surface area contributed by atoms with E-state index < -0.39 is 4.75 Å². The van der Waals surface area contributed by atoms with Crippen LogP contribution in [0.5, 0.6) is 0 Å². The SMILES string of the molecule is O=C1Nc2ccccc2[C@@]12C=C(c1ccccc1)Nc1ccccc1S2. The van der Waals surface area contributed by atoms with E-state index in [4.69, 9.17) is 0 Å². The highest BCUT2D eigenvalue weighted by atomic mass is 32.2. The first-order valence-corrected chi connectivity index (χ1v) is 9.32. The normalized spacial score (nSPS) is 20.5. The molecule has 0 saturated carbocycles. The van der Waals surface area contributed by atoms with Crippen LogP contribution in [0.3, 0.4) is 0 Å². The largest absolute Gasteiger partial charge is 0.354 e. The zero-order valence-corrected chi connectivity index (χ0v) is 14.7. The molecule has 1 amide bonds. The molecule has 2 heterocycles. The summed E-state index contributed by atoms with van der Waals surface area (Å²) in [5.74, 6) is -0.00404. The van der Waals surface area contributed by atoms with Crippen molar-refractivity contribution in [2.45, 2.75) is 9.64 Å². The van der Waals surface area contributed by atoms with Crippen molar-refractivity contribution in [2.75, 3.05) is 10.6 Å². The van der Waals surface area contributed by atoms with E-state index in [1.807, 2.05) is 54.6 Å². The lowest BCUT2D eigenvalue weighted by Gasteiger charge is -2.22. The van der Waals surface area contributed by atoms with Crippen LogP contribution in [-0.2, 0) is 9.54 Å². The van der Waals surface area contributed by atoms with Crippen molar-refractivity contribution in [1.29, 1.82) is 0 Å². The molecule has 1 atom stereocenters. The Bertz CT molecular complexity index is 1040. The van der Waals surface area contributed by atoms with Crippen LogP contribution in [-0.4, -0.2) is 5.91 Å². The molecule has 5 rings (SSSR count). The van der Waals surface area contributed by atoms with E-state index in [9.17, 15) is 4.79 Å². The maximum Gasteiger partial charge on any atom is 0.249 e. The van der Waals surface area contributed by atoms with Gasteiger partial charge in [0.15, 0.2) is 0 Å². The predicted molar refractivity (Wildman–Crippen MR) is 107 cm³/mol. The molecule has 4 heteroatoms. The van der Waals surface area contributed by atoms with Gasteiger partial charge in [-0.2, -0.15) is 0 Å². The monoisotopic (exact) mass is 356 g/mol. The van der Waals surface area contributed by atoms with Gasteiger partial charge in [0.2, 0.25) is 5.91 Å². The average Bonchev–Trinajstić information content (AvgIpc) is 2.84. The number of hydrogen-bond acceptors (Lipinski definition) is 3. The Kier molecular flexibility index (Phi) is 3.40. The van der Waals surface area contributed by atoms with Crippen molar-refractivity contribution >= 4 is 34.7 Å². The standard InChI is InChI=1S/C22H16N2OS/c25-21-22(16-10-4-5-11-17(16)24-21)14-19(15-8-2-1-3-9-15)23-18-12-6-7-13-20(18)26-22/h1-14,23H,(H,24,25)/t22-/m0/s1. The molecule has 26 heavy (non-hydrogen) atoms. The number of carbonyl (C=O) groups is 1. The Morgan fingerprint density at radius 2 is 1.42 bits per heavy atom. The zero-order valence-electron chi connectivity index (χ0n) is 13.9. The highest BCUT2D eigenvalue weighted by Crippen LogP contribution is 2.54. The second kappa shape index (κ2) is 5.78. The van der Waals surface area contributed by atoms with E-state index in [1.54, 1.807) is 11.8 Å². The summed E-state index contributed by atoms with van der Waals surface area (Å²) in [5.41, 5.74) is 4.90. The van der Waals surface area contributed by atoms with Crippen molar-refractivity contribution in [3.8, 4) is 0 Å². The highest BCUT2D eigenvalue weighted by molar-refractivity contribution is 8.01. The minimum absolute atomic E-state index is 0.00404. The minimum atomic E-state index is -0.790. The second-order valence-electron chi connectivity index (χ2n) is 6.38. The molecule has 0 saturated heterocycles. The number of thioether (sulfide) groups is 1. The Hall–Kier alpha value is -2.98. The lowest BCUT2D eigenvalue weighted by atomic mass is 9.96. The maximum atomic E-state index is 13.1. The fourth-order valence-corrected chi connectivity index (χ4v) is 4.85. The average molecular weight is 356 g/mol. The molecule has 3 aromatic rings. The molecular weight excluding hydrogens is 340 g/mol. The highest BCUT2D eigenvalue weighted by Gasteiger charge is 2.47. The van der Waals surface area contributed by atoms with E-state index in [0.29, 0.717) is 0 Å². The molecular formula is C22H16N2OS. The maximum absolute atomic E-state index is 13.1. The third-order valence-corrected chi connectivity index (χ3v) is 6.19. The summed E-state index contributed by atoms with van der Waals surface area (Å²) in [6.45, 7) is 0. The van der Waals surface area contributed by atoms with E-state index >= 15 is 0 Å². The first kappa shape index (κ1) is 15.3. The Balaban J connectivity index is 1.78. The Labute approximate surface area is 156 Å². The van der Waals surface area contributed by atoms with Gasteiger partial charge in [-0.15, -0.1) is 0 Å². The lowest BCUT2D eigenvalue weighted by molar-refractivity contribution is -0.116. The number of para-hydroxylation sites is 2. The number of amides is 1. The number of rotatable bonds is 1. The van der Waals surface area contributed by atoms with Gasteiger partial charge >= 0.3 is 0 Å². The molecule has 3 aromatic carbocycles. The quantitative estimate of drug-likeness (QED) is 0.638. The molecule has 1 spiro atoms. The number of nitrogens with one attached hydrogen (secondary N) is 2. The molecule has 2 aliphatic rings. The van der Waals surface area contributed by atoms with Crippen LogP contribution >= 0.6 is 11.8 Å². The Morgan fingerprint density at radius 3 is 2.27 bits per heavy atom. The summed E-state index contributed by atoms with van der Waals surface area (Å²) in [6, 6.07) is 26.2. The molecule has 0 radical (unpaired) electrons. The number of carbonyl (C=O) groups excluding carboxylic acids is 1. The Morgan fingerprint density at radius 1 is 0.731 bits per heavy atom. The topological polar surface area (TPSA) is 41.1 Å². The van der Waals surface area contributed by atoms with Crippen LogP contribution in [0, 0.1) is 0 Å². The van der Waals surface area contributed by atoms with Crippen LogP contribution in [0.25, 0.3) is 5.70 Å². The molecule has 0 fully saturated rings. The number of fused-ring (bicyclic) bond motifs is 3. The smallest absolute Gasteiger partial charge is 0.249 e. The van der Waals surface area contributed by atoms with E-state index in [2.05, 4.69) is 41.0 Å². The molecule has 3 nitrogen and oxygen atoms in total. The van der Waals surface area contributed by atoms with Gasteiger partial charge in [-0.1, -0.05) is 72.4 Å². The van der Waals surface area contributed by atoms with Gasteiger partial charge in [0, 0.05) is 21.8 Å². The minimum Gasteiger partial charge on any atom is -0.354 e. The van der Waals surface area contributed by atoms with Crippen LogP contribution in [0.2, 0.25) is 0 Å². The van der Waals surface area contributed by atoms with Crippen molar-refractivity contribution in [3.05, 3.63) is 96.1 Å². The van der Waals surface area contributed by atoms with Crippen molar-refractivity contribution < 1.29 is 4.79 Å².